The number of hydrogen-bond donors (Lipinski definition) is 2. The van der Waals surface area contributed by atoms with Crippen LogP contribution < -0.4 is 11.2 Å². The zero-order valence-corrected chi connectivity index (χ0v) is 18.2. The van der Waals surface area contributed by atoms with Crippen LogP contribution in [0.5, 0.6) is 0 Å². The first-order valence-corrected chi connectivity index (χ1v) is 10.4. The highest BCUT2D eigenvalue weighted by atomic mass is 19.4. The Morgan fingerprint density at radius 2 is 2.06 bits per heavy atom. The Morgan fingerprint density at radius 3 is 2.79 bits per heavy atom. The smallest absolute Gasteiger partial charge is 0.382 e. The maximum Gasteiger partial charge on any atom is 0.433 e. The van der Waals surface area contributed by atoms with Gasteiger partial charge in [-0.05, 0) is 30.7 Å². The van der Waals surface area contributed by atoms with Crippen LogP contribution in [0.4, 0.5) is 19.0 Å². The van der Waals surface area contributed by atoms with E-state index in [4.69, 9.17) is 10.5 Å². The second kappa shape index (κ2) is 7.92. The number of nitrogens with zero attached hydrogens (tertiary/aromatic N) is 5. The third-order valence-corrected chi connectivity index (χ3v) is 5.90. The number of amides is 1. The van der Waals surface area contributed by atoms with E-state index in [1.165, 1.54) is 11.1 Å². The number of nitrogens with one attached hydrogen (secondary N) is 1. The molecule has 0 unspecified atom stereocenters. The molecule has 176 valence electrons. The van der Waals surface area contributed by atoms with Crippen molar-refractivity contribution in [2.75, 3.05) is 19.4 Å². The predicted molar refractivity (Wildman–Crippen MR) is 117 cm³/mol. The van der Waals surface area contributed by atoms with Crippen molar-refractivity contribution in [2.24, 2.45) is 0 Å². The normalized spacial score (nSPS) is 16.1. The fourth-order valence-electron chi connectivity index (χ4n) is 4.25. The quantitative estimate of drug-likeness (QED) is 0.442. The Hall–Kier alpha value is -3.77. The summed E-state index contributed by atoms with van der Waals surface area (Å²) in [5.41, 5.74) is 11.4. The van der Waals surface area contributed by atoms with Crippen molar-refractivity contribution in [3.8, 4) is 0 Å². The lowest BCUT2D eigenvalue weighted by molar-refractivity contribution is -0.141. The molecule has 0 bridgehead atoms. The number of pyridine rings is 1. The summed E-state index contributed by atoms with van der Waals surface area (Å²) in [5.74, 6) is -0.0599. The molecule has 0 fully saturated rings. The van der Waals surface area contributed by atoms with Gasteiger partial charge in [0, 0.05) is 18.2 Å². The molecule has 3 aromatic heterocycles. The van der Waals surface area contributed by atoms with E-state index in [0.717, 1.165) is 6.07 Å². The lowest BCUT2D eigenvalue weighted by Crippen LogP contribution is -2.46. The van der Waals surface area contributed by atoms with Crippen LogP contribution in [0.3, 0.4) is 0 Å². The summed E-state index contributed by atoms with van der Waals surface area (Å²) in [5, 5.41) is 1.34. The molecule has 0 radical (unpaired) electrons. The van der Waals surface area contributed by atoms with E-state index in [-0.39, 0.29) is 24.8 Å². The summed E-state index contributed by atoms with van der Waals surface area (Å²) in [4.78, 5) is 25.9. The monoisotopic (exact) mass is 471 g/mol. The maximum atomic E-state index is 13.7. The average Bonchev–Trinajstić information content (AvgIpc) is 3.29. The molecular weight excluding hydrogens is 451 g/mol. The number of anilines is 1. The van der Waals surface area contributed by atoms with Crippen molar-refractivity contribution in [2.45, 2.75) is 25.7 Å². The molecule has 0 aliphatic carbocycles. The third kappa shape index (κ3) is 3.51. The van der Waals surface area contributed by atoms with Gasteiger partial charge in [-0.15, -0.1) is 0 Å². The topological polar surface area (TPSA) is 111 Å². The number of aryl methyl sites for hydroxylation is 1. The lowest BCUT2D eigenvalue weighted by atomic mass is 10.0. The van der Waals surface area contributed by atoms with E-state index >= 15 is 0 Å². The van der Waals surface area contributed by atoms with Gasteiger partial charge in [-0.3, -0.25) is 14.2 Å². The second-order valence-electron chi connectivity index (χ2n) is 7.96. The SMILES string of the molecule is CNN(C(=O)c1cc2c(cc1C)nc(N)c1cncn12)[C@H]1COCc2nc(C(F)(F)F)ccc21. The molecule has 34 heavy (non-hydrogen) atoms. The molecule has 0 saturated heterocycles. The number of alkyl halides is 3. The molecule has 3 N–H and O–H groups in total. The van der Waals surface area contributed by atoms with E-state index in [1.807, 2.05) is 0 Å². The second-order valence-corrected chi connectivity index (χ2v) is 7.96. The van der Waals surface area contributed by atoms with Crippen LogP contribution in [-0.2, 0) is 17.5 Å². The molecule has 0 saturated carbocycles. The first kappa shape index (κ1) is 22.0. The summed E-state index contributed by atoms with van der Waals surface area (Å²) in [6, 6.07) is 5.06. The minimum absolute atomic E-state index is 0.0673. The number of hydrazine groups is 1. The number of benzene rings is 1. The molecule has 1 aliphatic rings. The molecule has 1 aliphatic heterocycles. The molecule has 0 spiro atoms. The Kier molecular flexibility index (Phi) is 5.14. The Labute approximate surface area is 191 Å². The molecule has 1 aromatic carbocycles. The number of nitrogen functional groups attached to an aromatic ring is 1. The molecule has 1 atom stereocenters. The van der Waals surface area contributed by atoms with Gasteiger partial charge in [0.2, 0.25) is 0 Å². The van der Waals surface area contributed by atoms with Crippen molar-refractivity contribution in [3.63, 3.8) is 0 Å². The number of carbonyl (C=O) groups is 1. The minimum Gasteiger partial charge on any atom is -0.382 e. The Morgan fingerprint density at radius 1 is 1.26 bits per heavy atom. The number of carbonyl (C=O) groups excluding carboxylic acids is 1. The zero-order valence-electron chi connectivity index (χ0n) is 18.2. The first-order valence-electron chi connectivity index (χ1n) is 10.4. The number of fused-ring (bicyclic) bond motifs is 4. The van der Waals surface area contributed by atoms with Gasteiger partial charge in [-0.25, -0.2) is 20.4 Å². The van der Waals surface area contributed by atoms with Gasteiger partial charge in [0.25, 0.3) is 5.91 Å². The van der Waals surface area contributed by atoms with Crippen LogP contribution in [0.2, 0.25) is 0 Å². The zero-order chi connectivity index (χ0) is 24.2. The molecule has 9 nitrogen and oxygen atoms in total. The number of halogens is 3. The van der Waals surface area contributed by atoms with E-state index in [2.05, 4.69) is 20.4 Å². The average molecular weight is 471 g/mol. The fourth-order valence-corrected chi connectivity index (χ4v) is 4.25. The number of rotatable bonds is 3. The van der Waals surface area contributed by atoms with Gasteiger partial charge >= 0.3 is 6.18 Å². The van der Waals surface area contributed by atoms with Crippen LogP contribution in [-0.4, -0.2) is 43.9 Å². The summed E-state index contributed by atoms with van der Waals surface area (Å²) in [7, 11) is 1.57. The van der Waals surface area contributed by atoms with Crippen LogP contribution in [0.25, 0.3) is 16.6 Å². The summed E-state index contributed by atoms with van der Waals surface area (Å²) in [6.07, 6.45) is -1.40. The summed E-state index contributed by atoms with van der Waals surface area (Å²) < 4.78 is 46.6. The van der Waals surface area contributed by atoms with Crippen molar-refractivity contribution < 1.29 is 22.7 Å². The third-order valence-electron chi connectivity index (χ3n) is 5.90. The molecule has 4 aromatic rings. The predicted octanol–water partition coefficient (Wildman–Crippen LogP) is 3.04. The Balaban J connectivity index is 1.57. The van der Waals surface area contributed by atoms with E-state index < -0.39 is 17.9 Å². The largest absolute Gasteiger partial charge is 0.433 e. The number of hydrogen-bond acceptors (Lipinski definition) is 7. The summed E-state index contributed by atoms with van der Waals surface area (Å²) >= 11 is 0. The van der Waals surface area contributed by atoms with Crippen molar-refractivity contribution in [1.29, 1.82) is 0 Å². The number of aromatic nitrogens is 4. The maximum absolute atomic E-state index is 13.7. The van der Waals surface area contributed by atoms with Crippen LogP contribution in [0.1, 0.15) is 38.9 Å². The van der Waals surface area contributed by atoms with Crippen LogP contribution in [0.15, 0.2) is 36.8 Å². The highest BCUT2D eigenvalue weighted by Gasteiger charge is 2.36. The molecule has 12 heteroatoms. The van der Waals surface area contributed by atoms with Gasteiger partial charge in [-0.1, -0.05) is 6.07 Å². The van der Waals surface area contributed by atoms with E-state index in [1.54, 1.807) is 43.0 Å². The fraction of sp³-hybridized carbons (Fsp3) is 0.273. The number of ether oxygens (including phenoxy) is 1. The van der Waals surface area contributed by atoms with Crippen LogP contribution in [0, 0.1) is 6.92 Å². The first-order chi connectivity index (χ1) is 16.2. The summed E-state index contributed by atoms with van der Waals surface area (Å²) in [6.45, 7) is 1.81. The number of imidazole rings is 1. The van der Waals surface area contributed by atoms with Gasteiger partial charge < -0.3 is 10.5 Å². The highest BCUT2D eigenvalue weighted by Crippen LogP contribution is 2.34. The standard InChI is InChI=1S/C22H20F3N7O2/c1-11-5-14-16(31-10-28-7-17(31)20(26)30-14)6-13(11)21(33)32(27-2)18-9-34-8-15-12(18)3-4-19(29-15)22(23,24)25/h3-7,10,18,27H,8-9H2,1-2H3,(H2,26,30)/t18-/m0/s1. The van der Waals surface area contributed by atoms with E-state index in [0.29, 0.717) is 39.1 Å². The van der Waals surface area contributed by atoms with Crippen molar-refractivity contribution in [3.05, 3.63) is 64.9 Å². The minimum atomic E-state index is -4.57. The molecule has 5 rings (SSSR count). The lowest BCUT2D eigenvalue weighted by Gasteiger charge is -2.35. The van der Waals surface area contributed by atoms with Gasteiger partial charge in [0.1, 0.15) is 17.0 Å². The molecular formula is C22H20F3N7O2. The Bertz CT molecular complexity index is 1430. The molecule has 1 amide bonds. The van der Waals surface area contributed by atoms with Crippen molar-refractivity contribution in [1.82, 2.24) is 29.8 Å². The van der Waals surface area contributed by atoms with Gasteiger partial charge in [-0.2, -0.15) is 13.2 Å². The number of nitrogens with two attached hydrogens (primary N) is 1. The highest BCUT2D eigenvalue weighted by molar-refractivity contribution is 5.99. The van der Waals surface area contributed by atoms with E-state index in [9.17, 15) is 18.0 Å². The molecule has 4 heterocycles. The van der Waals surface area contributed by atoms with Gasteiger partial charge in [0.05, 0.1) is 48.5 Å². The van der Waals surface area contributed by atoms with Crippen molar-refractivity contribution >= 4 is 28.3 Å². The van der Waals surface area contributed by atoms with Crippen LogP contribution >= 0.6 is 0 Å². The van der Waals surface area contributed by atoms with Gasteiger partial charge in [0.15, 0.2) is 0 Å².